The Morgan fingerprint density at radius 1 is 1.00 bits per heavy atom. The summed E-state index contributed by atoms with van der Waals surface area (Å²) in [5.74, 6) is 1.57. The average molecular weight is 318 g/mol. The highest BCUT2D eigenvalue weighted by atomic mass is 35.5. The summed E-state index contributed by atoms with van der Waals surface area (Å²) >= 11 is 6.15. The second kappa shape index (κ2) is 8.29. The molecule has 0 aliphatic rings. The van der Waals surface area contributed by atoms with Crippen LogP contribution in [-0.4, -0.2) is 20.1 Å². The van der Waals surface area contributed by atoms with E-state index in [9.17, 15) is 0 Å². The van der Waals surface area contributed by atoms with Crippen LogP contribution in [0.3, 0.4) is 0 Å². The van der Waals surface area contributed by atoms with E-state index in [0.717, 1.165) is 21.9 Å². The van der Waals surface area contributed by atoms with E-state index < -0.39 is 0 Å². The highest BCUT2D eigenvalue weighted by Gasteiger charge is 2.04. The van der Waals surface area contributed by atoms with Crippen molar-refractivity contribution in [3.8, 4) is 5.75 Å². The predicted molar refractivity (Wildman–Crippen MR) is 91.5 cm³/mol. The fraction of sp³-hybridized carbons (Fsp3) is 0.235. The van der Waals surface area contributed by atoms with Gasteiger partial charge in [0, 0.05) is 30.7 Å². The van der Waals surface area contributed by atoms with Gasteiger partial charge in [0.15, 0.2) is 5.96 Å². The van der Waals surface area contributed by atoms with Gasteiger partial charge in [-0.1, -0.05) is 48.0 Å². The Bertz CT molecular complexity index is 643. The van der Waals surface area contributed by atoms with Gasteiger partial charge < -0.3 is 15.4 Å². The van der Waals surface area contributed by atoms with E-state index in [4.69, 9.17) is 16.3 Å². The zero-order valence-electron chi connectivity index (χ0n) is 12.8. The van der Waals surface area contributed by atoms with E-state index >= 15 is 0 Å². The van der Waals surface area contributed by atoms with Crippen LogP contribution in [0.15, 0.2) is 53.5 Å². The number of nitrogens with one attached hydrogen (secondary N) is 2. The van der Waals surface area contributed by atoms with Crippen LogP contribution in [-0.2, 0) is 13.1 Å². The number of rotatable bonds is 5. The summed E-state index contributed by atoms with van der Waals surface area (Å²) in [6.45, 7) is 1.25. The normalized spacial score (nSPS) is 11.1. The van der Waals surface area contributed by atoms with E-state index in [-0.39, 0.29) is 0 Å². The van der Waals surface area contributed by atoms with Gasteiger partial charge >= 0.3 is 0 Å². The van der Waals surface area contributed by atoms with Gasteiger partial charge in [-0.3, -0.25) is 4.99 Å². The third-order valence-electron chi connectivity index (χ3n) is 3.27. The number of nitrogens with zero attached hydrogens (tertiary/aromatic N) is 1. The summed E-state index contributed by atoms with van der Waals surface area (Å²) < 4.78 is 5.34. The number of methoxy groups -OCH3 is 1. The second-order valence-electron chi connectivity index (χ2n) is 4.68. The Morgan fingerprint density at radius 3 is 2.23 bits per heavy atom. The SMILES string of the molecule is CN=C(NCc1ccccc1Cl)NCc1ccccc1OC. The molecule has 22 heavy (non-hydrogen) atoms. The maximum absolute atomic E-state index is 6.15. The molecule has 116 valence electrons. The summed E-state index contributed by atoms with van der Waals surface area (Å²) in [4.78, 5) is 4.21. The van der Waals surface area contributed by atoms with Gasteiger partial charge in [-0.25, -0.2) is 0 Å². The predicted octanol–water partition coefficient (Wildman–Crippen LogP) is 3.21. The van der Waals surface area contributed by atoms with Crippen LogP contribution >= 0.6 is 11.6 Å². The number of para-hydroxylation sites is 1. The zero-order chi connectivity index (χ0) is 15.8. The van der Waals surface area contributed by atoms with Crippen LogP contribution in [0.2, 0.25) is 5.02 Å². The molecule has 0 bridgehead atoms. The van der Waals surface area contributed by atoms with Gasteiger partial charge in [-0.05, 0) is 17.7 Å². The molecule has 0 saturated carbocycles. The van der Waals surface area contributed by atoms with Crippen molar-refractivity contribution < 1.29 is 4.74 Å². The molecule has 2 rings (SSSR count). The van der Waals surface area contributed by atoms with Crippen LogP contribution in [0.5, 0.6) is 5.75 Å². The lowest BCUT2D eigenvalue weighted by Gasteiger charge is -2.14. The molecule has 0 aromatic heterocycles. The van der Waals surface area contributed by atoms with Crippen molar-refractivity contribution in [2.75, 3.05) is 14.2 Å². The molecule has 2 N–H and O–H groups in total. The molecule has 0 amide bonds. The van der Waals surface area contributed by atoms with Gasteiger partial charge in [-0.15, -0.1) is 0 Å². The number of ether oxygens (including phenoxy) is 1. The molecule has 0 heterocycles. The van der Waals surface area contributed by atoms with Crippen LogP contribution in [0.1, 0.15) is 11.1 Å². The lowest BCUT2D eigenvalue weighted by atomic mass is 10.2. The van der Waals surface area contributed by atoms with Crippen LogP contribution in [0.25, 0.3) is 0 Å². The third kappa shape index (κ3) is 4.40. The van der Waals surface area contributed by atoms with E-state index in [1.54, 1.807) is 14.2 Å². The zero-order valence-corrected chi connectivity index (χ0v) is 13.5. The molecule has 0 saturated heterocycles. The topological polar surface area (TPSA) is 45.7 Å². The van der Waals surface area contributed by atoms with E-state index in [1.807, 2.05) is 48.5 Å². The van der Waals surface area contributed by atoms with E-state index in [0.29, 0.717) is 19.0 Å². The standard InChI is InChI=1S/C17H20ClN3O/c1-19-17(20-11-13-7-3-5-9-15(13)18)21-12-14-8-4-6-10-16(14)22-2/h3-10H,11-12H2,1-2H3,(H2,19,20,21). The number of hydrogen-bond donors (Lipinski definition) is 2. The van der Waals surface area contributed by atoms with Crippen molar-refractivity contribution >= 4 is 17.6 Å². The quantitative estimate of drug-likeness (QED) is 0.657. The fourth-order valence-electron chi connectivity index (χ4n) is 2.07. The number of halogens is 1. The minimum atomic E-state index is 0.616. The molecule has 0 atom stereocenters. The molecule has 0 aliphatic carbocycles. The average Bonchev–Trinajstić information content (AvgIpc) is 2.56. The Hall–Kier alpha value is -2.20. The second-order valence-corrected chi connectivity index (χ2v) is 5.09. The van der Waals surface area contributed by atoms with Gasteiger partial charge in [-0.2, -0.15) is 0 Å². The molecule has 0 aliphatic heterocycles. The Labute approximate surface area is 136 Å². The molecule has 0 spiro atoms. The molecule has 2 aromatic rings. The summed E-state index contributed by atoms with van der Waals surface area (Å²) in [7, 11) is 3.41. The Morgan fingerprint density at radius 2 is 1.59 bits per heavy atom. The lowest BCUT2D eigenvalue weighted by Crippen LogP contribution is -2.36. The first-order valence-electron chi connectivity index (χ1n) is 7.04. The van der Waals surface area contributed by atoms with Gasteiger partial charge in [0.1, 0.15) is 5.75 Å². The van der Waals surface area contributed by atoms with Crippen molar-refractivity contribution in [1.29, 1.82) is 0 Å². The largest absolute Gasteiger partial charge is 0.496 e. The first kappa shape index (κ1) is 16.2. The molecule has 0 unspecified atom stereocenters. The molecule has 0 radical (unpaired) electrons. The number of guanidine groups is 1. The minimum Gasteiger partial charge on any atom is -0.496 e. The van der Waals surface area contributed by atoms with Gasteiger partial charge in [0.2, 0.25) is 0 Å². The van der Waals surface area contributed by atoms with Gasteiger partial charge in [0.05, 0.1) is 7.11 Å². The third-order valence-corrected chi connectivity index (χ3v) is 3.64. The summed E-state index contributed by atoms with van der Waals surface area (Å²) in [6, 6.07) is 15.7. The van der Waals surface area contributed by atoms with Crippen molar-refractivity contribution in [2.45, 2.75) is 13.1 Å². The molecule has 4 nitrogen and oxygen atoms in total. The molecular formula is C17H20ClN3O. The maximum Gasteiger partial charge on any atom is 0.191 e. The summed E-state index contributed by atoms with van der Waals surface area (Å²) in [5, 5.41) is 7.26. The van der Waals surface area contributed by atoms with Crippen LogP contribution in [0, 0.1) is 0 Å². The summed E-state index contributed by atoms with van der Waals surface area (Å²) in [5.41, 5.74) is 2.11. The van der Waals surface area contributed by atoms with Crippen molar-refractivity contribution in [2.24, 2.45) is 4.99 Å². The lowest BCUT2D eigenvalue weighted by molar-refractivity contribution is 0.409. The minimum absolute atomic E-state index is 0.616. The molecular weight excluding hydrogens is 298 g/mol. The number of aliphatic imine (C=N–C) groups is 1. The van der Waals surface area contributed by atoms with Crippen molar-refractivity contribution in [3.63, 3.8) is 0 Å². The monoisotopic (exact) mass is 317 g/mol. The maximum atomic E-state index is 6.15. The number of hydrogen-bond acceptors (Lipinski definition) is 2. The van der Waals surface area contributed by atoms with Gasteiger partial charge in [0.25, 0.3) is 0 Å². The van der Waals surface area contributed by atoms with E-state index in [1.165, 1.54) is 0 Å². The smallest absolute Gasteiger partial charge is 0.191 e. The number of benzene rings is 2. The molecule has 2 aromatic carbocycles. The molecule has 0 fully saturated rings. The Balaban J connectivity index is 1.92. The van der Waals surface area contributed by atoms with Crippen LogP contribution in [0.4, 0.5) is 0 Å². The first-order valence-corrected chi connectivity index (χ1v) is 7.42. The van der Waals surface area contributed by atoms with Crippen molar-refractivity contribution in [3.05, 3.63) is 64.7 Å². The summed E-state index contributed by atoms with van der Waals surface area (Å²) in [6.07, 6.45) is 0. The van der Waals surface area contributed by atoms with Crippen LogP contribution < -0.4 is 15.4 Å². The highest BCUT2D eigenvalue weighted by molar-refractivity contribution is 6.31. The van der Waals surface area contributed by atoms with Crippen molar-refractivity contribution in [1.82, 2.24) is 10.6 Å². The van der Waals surface area contributed by atoms with E-state index in [2.05, 4.69) is 15.6 Å². The first-order chi connectivity index (χ1) is 10.7. The fourth-order valence-corrected chi connectivity index (χ4v) is 2.27. The molecule has 5 heteroatoms. The highest BCUT2D eigenvalue weighted by Crippen LogP contribution is 2.17. The Kier molecular flexibility index (Phi) is 6.10.